The molecule has 270 valence electrons. The van der Waals surface area contributed by atoms with Gasteiger partial charge in [-0.3, -0.25) is 14.7 Å². The monoisotopic (exact) mass is 720 g/mol. The number of aliphatic hydroxyl groups is 1. The van der Waals surface area contributed by atoms with Crippen molar-refractivity contribution in [3.8, 4) is 11.1 Å². The number of nitrogens with zero attached hydrogens (tertiary/aromatic N) is 2. The Balaban J connectivity index is 1.02. The lowest BCUT2D eigenvalue weighted by atomic mass is 9.99. The van der Waals surface area contributed by atoms with Crippen LogP contribution in [0.3, 0.4) is 0 Å². The van der Waals surface area contributed by atoms with Gasteiger partial charge in [-0.05, 0) is 64.9 Å². The maximum absolute atomic E-state index is 12.6. The molecule has 1 fully saturated rings. The fourth-order valence-electron chi connectivity index (χ4n) is 6.04. The molecule has 0 spiro atoms. The molecule has 0 radical (unpaired) electrons. The van der Waals surface area contributed by atoms with E-state index in [9.17, 15) is 14.7 Å². The number of aliphatic hydroxyl groups excluding tert-OH is 1. The highest BCUT2D eigenvalue weighted by Gasteiger charge is 2.32. The minimum absolute atomic E-state index is 0.0100. The molecule has 1 saturated heterocycles. The van der Waals surface area contributed by atoms with Crippen LogP contribution in [0.5, 0.6) is 0 Å². The lowest BCUT2D eigenvalue weighted by molar-refractivity contribution is -0.245. The summed E-state index contributed by atoms with van der Waals surface area (Å²) in [6, 6.07) is 31.3. The first-order chi connectivity index (χ1) is 25.4. The summed E-state index contributed by atoms with van der Waals surface area (Å²) in [6.07, 6.45) is 4.25. The van der Waals surface area contributed by atoms with Crippen LogP contribution in [0, 0.1) is 0 Å². The van der Waals surface area contributed by atoms with Crippen molar-refractivity contribution >= 4 is 35.0 Å². The minimum atomic E-state index is -0.587. The smallest absolute Gasteiger partial charge is 0.224 e. The number of hydrogen-bond acceptors (Lipinski definition) is 9. The van der Waals surface area contributed by atoms with Gasteiger partial charge >= 0.3 is 0 Å². The normalized spacial score (nSPS) is 17.1. The molecule has 1 aliphatic rings. The average molecular weight is 721 g/mol. The van der Waals surface area contributed by atoms with Gasteiger partial charge in [-0.1, -0.05) is 91.0 Å². The van der Waals surface area contributed by atoms with Crippen molar-refractivity contribution in [3.05, 3.63) is 126 Å². The van der Waals surface area contributed by atoms with Crippen molar-refractivity contribution in [2.75, 3.05) is 16.8 Å². The Morgan fingerprint density at radius 1 is 0.846 bits per heavy atom. The zero-order valence-corrected chi connectivity index (χ0v) is 29.7. The largest absolute Gasteiger partial charge is 0.397 e. The number of unbranched alkanes of at least 4 members (excludes halogenated alkanes) is 2. The molecular formula is C40H44N6O5S. The third kappa shape index (κ3) is 10.5. The highest BCUT2D eigenvalue weighted by Crippen LogP contribution is 2.40. The number of para-hydroxylation sites is 2. The Hall–Kier alpha value is -5.01. The van der Waals surface area contributed by atoms with Gasteiger partial charge in [0.1, 0.15) is 6.33 Å². The number of hydrogen-bond donors (Lipinski definition) is 5. The van der Waals surface area contributed by atoms with Crippen molar-refractivity contribution < 1.29 is 24.2 Å². The molecule has 0 aliphatic carbocycles. The van der Waals surface area contributed by atoms with E-state index in [1.807, 2.05) is 60.7 Å². The van der Waals surface area contributed by atoms with Crippen LogP contribution in [0.15, 0.2) is 109 Å². The molecule has 5 aromatic rings. The van der Waals surface area contributed by atoms with E-state index in [0.717, 1.165) is 45.0 Å². The van der Waals surface area contributed by atoms with Crippen LogP contribution in [0.1, 0.15) is 73.2 Å². The van der Waals surface area contributed by atoms with Gasteiger partial charge in [0.2, 0.25) is 11.8 Å². The van der Waals surface area contributed by atoms with Gasteiger partial charge in [-0.15, -0.1) is 0 Å². The van der Waals surface area contributed by atoms with Crippen molar-refractivity contribution in [1.82, 2.24) is 20.5 Å². The number of thioether (sulfide) groups is 1. The summed E-state index contributed by atoms with van der Waals surface area (Å²) in [5.74, 6) is 0.579. The molecule has 2 heterocycles. The summed E-state index contributed by atoms with van der Waals surface area (Å²) in [6.45, 7) is 0.410. The first kappa shape index (κ1) is 36.8. The number of rotatable bonds is 16. The van der Waals surface area contributed by atoms with Gasteiger partial charge in [0, 0.05) is 37.1 Å². The van der Waals surface area contributed by atoms with E-state index in [4.69, 9.17) is 15.2 Å². The SMILES string of the molecule is Nc1ccccc1NC(=O)CCCCCC(=O)NCc1cccc(-c2cccc([C@@H]3O[C@H](CSc4ncn[nH]4)C[C@H](c4ccc(CO)cc4)O3)c2)c1. The Labute approximate surface area is 307 Å². The standard InChI is InChI=1S/C40H44N6O5S/c41-34-12-4-5-13-35(34)45-38(49)15-3-1-2-14-37(48)42-23-28-8-6-9-30(20-28)31-10-7-11-32(21-31)39-50-33(25-52-40-43-26-44-46-40)22-36(51-39)29-18-16-27(24-47)17-19-29/h4-13,16-21,26,33,36,39,47H,1-3,14-15,22-25,41H2,(H,42,48)(H,45,49)(H,43,44,46)/t33-,36+,39+/m0/s1. The Morgan fingerprint density at radius 3 is 2.38 bits per heavy atom. The maximum atomic E-state index is 12.6. The lowest BCUT2D eigenvalue weighted by Gasteiger charge is -2.36. The molecule has 1 aliphatic heterocycles. The third-order valence-electron chi connectivity index (χ3n) is 8.87. The first-order valence-electron chi connectivity index (χ1n) is 17.5. The number of H-pyrrole nitrogens is 1. The zero-order valence-electron chi connectivity index (χ0n) is 28.9. The molecule has 12 heteroatoms. The molecule has 11 nitrogen and oxygen atoms in total. The number of aromatic nitrogens is 3. The molecule has 2 amide bonds. The molecule has 3 atom stereocenters. The van der Waals surface area contributed by atoms with E-state index in [1.165, 1.54) is 6.33 Å². The molecule has 6 N–H and O–H groups in total. The van der Waals surface area contributed by atoms with Crippen LogP contribution in [0.25, 0.3) is 11.1 Å². The molecule has 4 aromatic carbocycles. The van der Waals surface area contributed by atoms with E-state index in [-0.39, 0.29) is 30.6 Å². The summed E-state index contributed by atoms with van der Waals surface area (Å²) >= 11 is 1.56. The number of nitrogens with two attached hydrogens (primary N) is 1. The van der Waals surface area contributed by atoms with E-state index >= 15 is 0 Å². The maximum Gasteiger partial charge on any atom is 0.224 e. The molecular weight excluding hydrogens is 677 g/mol. The van der Waals surface area contributed by atoms with E-state index in [2.05, 4.69) is 50.1 Å². The number of anilines is 2. The van der Waals surface area contributed by atoms with Crippen LogP contribution in [0.4, 0.5) is 11.4 Å². The summed E-state index contributed by atoms with van der Waals surface area (Å²) in [4.78, 5) is 29.1. The molecule has 6 rings (SSSR count). The summed E-state index contributed by atoms with van der Waals surface area (Å²) < 4.78 is 13.1. The summed E-state index contributed by atoms with van der Waals surface area (Å²) in [7, 11) is 0. The van der Waals surface area contributed by atoms with Gasteiger partial charge in [0.05, 0.1) is 30.2 Å². The second-order valence-corrected chi connectivity index (χ2v) is 13.8. The van der Waals surface area contributed by atoms with Crippen LogP contribution in [-0.4, -0.2) is 44.0 Å². The van der Waals surface area contributed by atoms with Crippen LogP contribution in [0.2, 0.25) is 0 Å². The van der Waals surface area contributed by atoms with E-state index < -0.39 is 6.29 Å². The number of nitrogen functional groups attached to an aromatic ring is 1. The lowest BCUT2D eigenvalue weighted by Crippen LogP contribution is -2.31. The molecule has 0 saturated carbocycles. The first-order valence-corrected chi connectivity index (χ1v) is 18.5. The number of nitrogens with one attached hydrogen (secondary N) is 3. The predicted molar refractivity (Wildman–Crippen MR) is 202 cm³/mol. The highest BCUT2D eigenvalue weighted by atomic mass is 32.2. The van der Waals surface area contributed by atoms with Gasteiger partial charge in [-0.25, -0.2) is 4.98 Å². The fraction of sp³-hybridized carbons (Fsp3) is 0.300. The van der Waals surface area contributed by atoms with E-state index in [0.29, 0.717) is 55.8 Å². The minimum Gasteiger partial charge on any atom is -0.397 e. The number of aromatic amines is 1. The molecule has 0 bridgehead atoms. The van der Waals surface area contributed by atoms with Gasteiger partial charge in [0.25, 0.3) is 0 Å². The van der Waals surface area contributed by atoms with Crippen molar-refractivity contribution in [2.45, 2.75) is 75.3 Å². The van der Waals surface area contributed by atoms with E-state index in [1.54, 1.807) is 23.9 Å². The fourth-order valence-corrected chi connectivity index (χ4v) is 6.84. The van der Waals surface area contributed by atoms with Crippen LogP contribution in [-0.2, 0) is 32.2 Å². The highest BCUT2D eigenvalue weighted by molar-refractivity contribution is 7.99. The second kappa shape index (κ2) is 18.5. The van der Waals surface area contributed by atoms with Crippen LogP contribution < -0.4 is 16.4 Å². The van der Waals surface area contributed by atoms with Gasteiger partial charge < -0.3 is 30.9 Å². The van der Waals surface area contributed by atoms with Gasteiger partial charge in [-0.2, -0.15) is 5.10 Å². The topological polar surface area (TPSA) is 164 Å². The Kier molecular flexibility index (Phi) is 13.1. The molecule has 0 unspecified atom stereocenters. The van der Waals surface area contributed by atoms with Crippen molar-refractivity contribution in [3.63, 3.8) is 0 Å². The number of carbonyl (C=O) groups is 2. The number of ether oxygens (including phenoxy) is 2. The van der Waals surface area contributed by atoms with Crippen molar-refractivity contribution in [1.29, 1.82) is 0 Å². The second-order valence-electron chi connectivity index (χ2n) is 12.8. The zero-order chi connectivity index (χ0) is 36.1. The Bertz CT molecular complexity index is 1910. The number of benzene rings is 4. The van der Waals surface area contributed by atoms with Crippen molar-refractivity contribution in [2.24, 2.45) is 0 Å². The summed E-state index contributed by atoms with van der Waals surface area (Å²) in [5, 5.41) is 23.0. The van der Waals surface area contributed by atoms with Crippen LogP contribution >= 0.6 is 11.8 Å². The quantitative estimate of drug-likeness (QED) is 0.0407. The van der Waals surface area contributed by atoms with Gasteiger partial charge in [0.15, 0.2) is 11.4 Å². The number of carbonyl (C=O) groups excluding carboxylic acids is 2. The summed E-state index contributed by atoms with van der Waals surface area (Å²) in [5.41, 5.74) is 12.9. The molecule has 1 aromatic heterocycles. The Morgan fingerprint density at radius 2 is 1.62 bits per heavy atom. The average Bonchev–Trinajstić information content (AvgIpc) is 3.71. The third-order valence-corrected chi connectivity index (χ3v) is 9.87. The molecule has 52 heavy (non-hydrogen) atoms. The number of amides is 2. The predicted octanol–water partition coefficient (Wildman–Crippen LogP) is 7.09.